The van der Waals surface area contributed by atoms with Crippen LogP contribution in [0.1, 0.15) is 29.5 Å². The summed E-state index contributed by atoms with van der Waals surface area (Å²) in [6.07, 6.45) is 1.22. The number of hydrogen-bond acceptors (Lipinski definition) is 5. The van der Waals surface area contributed by atoms with Crippen molar-refractivity contribution < 1.29 is 14.5 Å². The van der Waals surface area contributed by atoms with Crippen molar-refractivity contribution in [3.05, 3.63) is 68.2 Å². The van der Waals surface area contributed by atoms with Crippen molar-refractivity contribution in [1.82, 2.24) is 5.43 Å². The van der Waals surface area contributed by atoms with E-state index in [9.17, 15) is 19.7 Å². The third kappa shape index (κ3) is 6.17. The number of amides is 2. The van der Waals surface area contributed by atoms with Gasteiger partial charge in [0.25, 0.3) is 5.69 Å². The average molecular weight is 403 g/mol. The molecule has 0 saturated carbocycles. The van der Waals surface area contributed by atoms with Crippen LogP contribution < -0.4 is 10.7 Å². The normalized spacial score (nSPS) is 10.7. The number of anilines is 1. The molecule has 0 aliphatic heterocycles. The van der Waals surface area contributed by atoms with Gasteiger partial charge in [0.15, 0.2) is 0 Å². The minimum absolute atomic E-state index is 0.0249. The van der Waals surface area contributed by atoms with Gasteiger partial charge in [-0.2, -0.15) is 5.10 Å². The summed E-state index contributed by atoms with van der Waals surface area (Å²) in [5, 5.41) is 17.9. The van der Waals surface area contributed by atoms with E-state index in [0.717, 1.165) is 5.56 Å². The molecule has 0 radical (unpaired) electrons. The first-order valence-electron chi connectivity index (χ1n) is 8.39. The van der Waals surface area contributed by atoms with Crippen molar-refractivity contribution in [3.8, 4) is 0 Å². The Morgan fingerprint density at radius 3 is 2.46 bits per heavy atom. The van der Waals surface area contributed by atoms with E-state index in [1.54, 1.807) is 37.3 Å². The number of hydrogen-bond donors (Lipinski definition) is 2. The van der Waals surface area contributed by atoms with Gasteiger partial charge in [0, 0.05) is 40.7 Å². The lowest BCUT2D eigenvalue weighted by Gasteiger charge is -2.06. The minimum atomic E-state index is -0.481. The third-order valence-corrected chi connectivity index (χ3v) is 4.27. The third-order valence-electron chi connectivity index (χ3n) is 3.87. The number of nitro groups is 1. The number of rotatable bonds is 7. The van der Waals surface area contributed by atoms with Crippen molar-refractivity contribution in [1.29, 1.82) is 0 Å². The predicted octanol–water partition coefficient (Wildman–Crippen LogP) is 3.73. The lowest BCUT2D eigenvalue weighted by atomic mass is 10.1. The largest absolute Gasteiger partial charge is 0.326 e. The van der Waals surface area contributed by atoms with Gasteiger partial charge in [0.05, 0.1) is 11.1 Å². The fourth-order valence-corrected chi connectivity index (χ4v) is 2.44. The Balaban J connectivity index is 1.81. The van der Waals surface area contributed by atoms with Gasteiger partial charge in [-0.25, -0.2) is 5.43 Å². The first-order chi connectivity index (χ1) is 13.3. The molecular weight excluding hydrogens is 384 g/mol. The molecule has 0 unspecified atom stereocenters. The molecule has 0 aliphatic carbocycles. The molecule has 2 aromatic carbocycles. The Morgan fingerprint density at radius 2 is 1.79 bits per heavy atom. The van der Waals surface area contributed by atoms with Crippen LogP contribution in [-0.4, -0.2) is 23.0 Å². The van der Waals surface area contributed by atoms with E-state index in [2.05, 4.69) is 15.8 Å². The lowest BCUT2D eigenvalue weighted by Crippen LogP contribution is -2.20. The van der Waals surface area contributed by atoms with E-state index in [-0.39, 0.29) is 24.4 Å². The number of halogens is 1. The van der Waals surface area contributed by atoms with Crippen LogP contribution in [0.4, 0.5) is 11.4 Å². The van der Waals surface area contributed by atoms with Crippen molar-refractivity contribution in [3.63, 3.8) is 0 Å². The van der Waals surface area contributed by atoms with Crippen molar-refractivity contribution >= 4 is 41.0 Å². The van der Waals surface area contributed by atoms with Crippen LogP contribution >= 0.6 is 11.6 Å². The Kier molecular flexibility index (Phi) is 7.22. The van der Waals surface area contributed by atoms with Crippen LogP contribution in [0.25, 0.3) is 0 Å². The highest BCUT2D eigenvalue weighted by atomic mass is 35.5. The van der Waals surface area contributed by atoms with Crippen LogP contribution in [0.15, 0.2) is 41.5 Å². The summed E-state index contributed by atoms with van der Waals surface area (Å²) < 4.78 is 0. The zero-order valence-corrected chi connectivity index (χ0v) is 16.1. The van der Waals surface area contributed by atoms with E-state index in [1.165, 1.54) is 12.3 Å². The summed E-state index contributed by atoms with van der Waals surface area (Å²) in [5.41, 5.74) is 4.73. The zero-order valence-electron chi connectivity index (χ0n) is 15.4. The number of benzene rings is 2. The monoisotopic (exact) mass is 402 g/mol. The quantitative estimate of drug-likeness (QED) is 0.417. The van der Waals surface area contributed by atoms with Gasteiger partial charge < -0.3 is 5.32 Å². The summed E-state index contributed by atoms with van der Waals surface area (Å²) in [6.45, 7) is 3.49. The number of nitrogens with one attached hydrogen (secondary N) is 2. The number of hydrazone groups is 1. The van der Waals surface area contributed by atoms with Crippen LogP contribution in [0.2, 0.25) is 5.02 Å². The van der Waals surface area contributed by atoms with Crippen LogP contribution in [0.5, 0.6) is 0 Å². The predicted molar refractivity (Wildman–Crippen MR) is 108 cm³/mol. The van der Waals surface area contributed by atoms with E-state index in [4.69, 9.17) is 11.6 Å². The molecule has 0 aromatic heterocycles. The van der Waals surface area contributed by atoms with Gasteiger partial charge in [-0.05, 0) is 31.5 Å². The Labute approximate surface area is 166 Å². The zero-order chi connectivity index (χ0) is 20.7. The molecule has 0 fully saturated rings. The highest BCUT2D eigenvalue weighted by molar-refractivity contribution is 6.31. The fourth-order valence-electron chi connectivity index (χ4n) is 2.26. The molecule has 0 saturated heterocycles. The first kappa shape index (κ1) is 21.0. The SMILES string of the molecule is Cc1ccc(NC(=O)CCC(=O)NN=Cc2ccc(C)c([N+](=O)[O-])c2)cc1Cl. The molecule has 2 amide bonds. The van der Waals surface area contributed by atoms with Gasteiger partial charge in [-0.1, -0.05) is 29.8 Å². The van der Waals surface area contributed by atoms with E-state index in [0.29, 0.717) is 21.8 Å². The second-order valence-electron chi connectivity index (χ2n) is 6.11. The number of nitro benzene ring substituents is 1. The van der Waals surface area contributed by atoms with Gasteiger partial charge in [0.1, 0.15) is 0 Å². The maximum absolute atomic E-state index is 11.9. The maximum atomic E-state index is 11.9. The summed E-state index contributed by atoms with van der Waals surface area (Å²) in [5.74, 6) is -0.775. The molecule has 2 aromatic rings. The molecule has 0 aliphatic rings. The highest BCUT2D eigenvalue weighted by Gasteiger charge is 2.10. The Hall–Kier alpha value is -3.26. The Bertz CT molecular complexity index is 944. The van der Waals surface area contributed by atoms with Gasteiger partial charge in [0.2, 0.25) is 11.8 Å². The minimum Gasteiger partial charge on any atom is -0.326 e. The van der Waals surface area contributed by atoms with Gasteiger partial charge in [-0.3, -0.25) is 19.7 Å². The number of nitrogens with zero attached hydrogens (tertiary/aromatic N) is 2. The molecule has 2 N–H and O–H groups in total. The molecule has 0 bridgehead atoms. The van der Waals surface area contributed by atoms with Crippen molar-refractivity contribution in [2.75, 3.05) is 5.32 Å². The van der Waals surface area contributed by atoms with E-state index < -0.39 is 10.8 Å². The lowest BCUT2D eigenvalue weighted by molar-refractivity contribution is -0.385. The maximum Gasteiger partial charge on any atom is 0.272 e. The number of aryl methyl sites for hydroxylation is 2. The topological polar surface area (TPSA) is 114 Å². The number of carbonyl (C=O) groups is 2. The molecule has 146 valence electrons. The van der Waals surface area contributed by atoms with Crippen molar-refractivity contribution in [2.24, 2.45) is 5.10 Å². The molecule has 8 nitrogen and oxygen atoms in total. The van der Waals surface area contributed by atoms with Crippen LogP contribution in [0.3, 0.4) is 0 Å². The molecule has 9 heteroatoms. The first-order valence-corrected chi connectivity index (χ1v) is 8.77. The van der Waals surface area contributed by atoms with E-state index >= 15 is 0 Å². The molecule has 0 spiro atoms. The van der Waals surface area contributed by atoms with Gasteiger partial charge in [-0.15, -0.1) is 0 Å². The van der Waals surface area contributed by atoms with Gasteiger partial charge >= 0.3 is 0 Å². The second-order valence-corrected chi connectivity index (χ2v) is 6.52. The molecule has 0 atom stereocenters. The molecule has 28 heavy (non-hydrogen) atoms. The van der Waals surface area contributed by atoms with Crippen LogP contribution in [0, 0.1) is 24.0 Å². The smallest absolute Gasteiger partial charge is 0.272 e. The molecule has 2 rings (SSSR count). The molecule has 0 heterocycles. The fraction of sp³-hybridized carbons (Fsp3) is 0.211. The number of carbonyl (C=O) groups excluding carboxylic acids is 2. The highest BCUT2D eigenvalue weighted by Crippen LogP contribution is 2.20. The van der Waals surface area contributed by atoms with Crippen molar-refractivity contribution in [2.45, 2.75) is 26.7 Å². The summed E-state index contributed by atoms with van der Waals surface area (Å²) in [4.78, 5) is 34.1. The van der Waals surface area contributed by atoms with E-state index in [1.807, 2.05) is 6.92 Å². The summed E-state index contributed by atoms with van der Waals surface area (Å²) in [7, 11) is 0. The summed E-state index contributed by atoms with van der Waals surface area (Å²) >= 11 is 6.00. The average Bonchev–Trinajstić information content (AvgIpc) is 2.64. The van der Waals surface area contributed by atoms with Crippen LogP contribution in [-0.2, 0) is 9.59 Å². The second kappa shape index (κ2) is 9.61. The molecular formula is C19H19ClN4O4. The Morgan fingerprint density at radius 1 is 1.11 bits per heavy atom. The standard InChI is InChI=1S/C19H19ClN4O4/c1-12-4-6-15(10-16(12)20)22-18(25)7-8-19(26)23-21-11-14-5-3-13(2)17(9-14)24(27)28/h3-6,9-11H,7-8H2,1-2H3,(H,22,25)(H,23,26). The summed E-state index contributed by atoms with van der Waals surface area (Å²) in [6, 6.07) is 9.77.